The molecular weight excluding hydrogens is 572 g/mol. The van der Waals surface area contributed by atoms with Crippen molar-refractivity contribution in [3.8, 4) is 11.5 Å². The Kier molecular flexibility index (Phi) is 9.32. The number of benzene rings is 1. The van der Waals surface area contributed by atoms with E-state index >= 15 is 0 Å². The van der Waals surface area contributed by atoms with Crippen LogP contribution in [-0.2, 0) is 9.53 Å². The number of allylic oxidation sites excluding steroid dienone is 1. The smallest absolute Gasteiger partial charge is 0.303 e. The van der Waals surface area contributed by atoms with Gasteiger partial charge in [-0.25, -0.2) is 0 Å². The number of carbonyl (C=O) groups excluding carboxylic acids is 1. The van der Waals surface area contributed by atoms with Gasteiger partial charge in [0.1, 0.15) is 12.7 Å². The van der Waals surface area contributed by atoms with Crippen LogP contribution in [0, 0.1) is 28.6 Å². The van der Waals surface area contributed by atoms with E-state index in [0.29, 0.717) is 23.9 Å². The summed E-state index contributed by atoms with van der Waals surface area (Å²) in [5.41, 5.74) is 4.41. The summed E-state index contributed by atoms with van der Waals surface area (Å²) >= 11 is 0. The van der Waals surface area contributed by atoms with E-state index in [1.807, 2.05) is 6.07 Å². The summed E-state index contributed by atoms with van der Waals surface area (Å²) in [6.07, 6.45) is 20.0. The van der Waals surface area contributed by atoms with Crippen LogP contribution in [0.15, 0.2) is 35.4 Å². The van der Waals surface area contributed by atoms with Gasteiger partial charge in [-0.05, 0) is 143 Å². The average molecular weight is 631 g/mol. The molecule has 0 spiro atoms. The SMILES string of the molecule is COc1ccc(/C=C2\C[C@H]3[C@@H]4CC=C5C[C@@H](N6CCCC6)CC[C@]5(C)[C@H]4CC[C@]3(C)[C@H]2OC(C)=O)cc1OCCN1CCCCC1. The molecule has 1 aromatic carbocycles. The third kappa shape index (κ3) is 6.06. The number of piperidine rings is 1. The first-order valence-electron chi connectivity index (χ1n) is 18.6. The van der Waals surface area contributed by atoms with Gasteiger partial charge in [0, 0.05) is 24.9 Å². The van der Waals surface area contributed by atoms with Crippen molar-refractivity contribution < 1.29 is 19.0 Å². The molecule has 2 saturated heterocycles. The Labute approximate surface area is 277 Å². The van der Waals surface area contributed by atoms with Crippen molar-refractivity contribution in [1.82, 2.24) is 9.80 Å². The maximum Gasteiger partial charge on any atom is 0.303 e. The molecular formula is C40H58N2O4. The molecule has 0 bridgehead atoms. The first-order valence-corrected chi connectivity index (χ1v) is 18.6. The van der Waals surface area contributed by atoms with Gasteiger partial charge in [0.2, 0.25) is 0 Å². The molecule has 6 aliphatic rings. The van der Waals surface area contributed by atoms with Crippen LogP contribution in [-0.4, -0.2) is 74.4 Å². The number of likely N-dealkylation sites (tertiary alicyclic amines) is 2. The monoisotopic (exact) mass is 630 g/mol. The Morgan fingerprint density at radius 2 is 1.74 bits per heavy atom. The molecule has 6 heteroatoms. The number of fused-ring (bicyclic) bond motifs is 5. The summed E-state index contributed by atoms with van der Waals surface area (Å²) in [5, 5.41) is 0. The fourth-order valence-electron chi connectivity index (χ4n) is 11.0. The third-order valence-electron chi connectivity index (χ3n) is 13.5. The zero-order valence-corrected chi connectivity index (χ0v) is 29.0. The summed E-state index contributed by atoms with van der Waals surface area (Å²) < 4.78 is 18.3. The quantitative estimate of drug-likeness (QED) is 0.215. The summed E-state index contributed by atoms with van der Waals surface area (Å²) in [7, 11) is 1.71. The van der Waals surface area contributed by atoms with Crippen molar-refractivity contribution in [1.29, 1.82) is 0 Å². The zero-order chi connectivity index (χ0) is 31.9. The second kappa shape index (κ2) is 13.3. The molecule has 1 aromatic rings. The van der Waals surface area contributed by atoms with Gasteiger partial charge in [-0.15, -0.1) is 0 Å². The summed E-state index contributed by atoms with van der Waals surface area (Å²) in [4.78, 5) is 17.8. The number of rotatable bonds is 8. The van der Waals surface area contributed by atoms with Crippen molar-refractivity contribution in [2.75, 3.05) is 46.4 Å². The van der Waals surface area contributed by atoms with E-state index in [0.717, 1.165) is 48.4 Å². The van der Waals surface area contributed by atoms with E-state index in [9.17, 15) is 4.79 Å². The molecule has 0 radical (unpaired) electrons. The molecule has 0 unspecified atom stereocenters. The Balaban J connectivity index is 1.12. The Bertz CT molecular complexity index is 1330. The maximum atomic E-state index is 12.6. The van der Waals surface area contributed by atoms with Crippen molar-refractivity contribution in [2.45, 2.75) is 110 Å². The van der Waals surface area contributed by atoms with Gasteiger partial charge in [0.05, 0.1) is 7.11 Å². The molecule has 46 heavy (non-hydrogen) atoms. The highest BCUT2D eigenvalue weighted by Gasteiger charge is 2.61. The van der Waals surface area contributed by atoms with Crippen molar-refractivity contribution in [3.05, 3.63) is 41.0 Å². The first-order chi connectivity index (χ1) is 22.3. The number of carbonyl (C=O) groups is 1. The van der Waals surface area contributed by atoms with Gasteiger partial charge in [-0.2, -0.15) is 0 Å². The highest BCUT2D eigenvalue weighted by Crippen LogP contribution is 2.66. The number of hydrogen-bond acceptors (Lipinski definition) is 6. The fraction of sp³-hybridized carbons (Fsp3) is 0.725. The molecule has 252 valence electrons. The predicted molar refractivity (Wildman–Crippen MR) is 184 cm³/mol. The number of nitrogens with zero attached hydrogens (tertiary/aromatic N) is 2. The normalized spacial score (nSPS) is 37.3. The lowest BCUT2D eigenvalue weighted by Gasteiger charge is -2.58. The lowest BCUT2D eigenvalue weighted by atomic mass is 9.48. The van der Waals surface area contributed by atoms with E-state index in [1.165, 1.54) is 96.0 Å². The molecule has 7 rings (SSSR count). The number of methoxy groups -OCH3 is 1. The molecule has 7 atom stereocenters. The Hall–Kier alpha value is -2.31. The molecule has 0 aromatic heterocycles. The molecule has 2 heterocycles. The molecule has 0 amide bonds. The van der Waals surface area contributed by atoms with Crippen LogP contribution in [0.25, 0.3) is 6.08 Å². The molecule has 0 N–H and O–H groups in total. The van der Waals surface area contributed by atoms with E-state index in [-0.39, 0.29) is 17.5 Å². The van der Waals surface area contributed by atoms with Crippen LogP contribution in [0.3, 0.4) is 0 Å². The van der Waals surface area contributed by atoms with Gasteiger partial charge in [-0.1, -0.05) is 44.1 Å². The minimum Gasteiger partial charge on any atom is -0.493 e. The lowest BCUT2D eigenvalue weighted by Crippen LogP contribution is -2.52. The zero-order valence-electron chi connectivity index (χ0n) is 29.0. The van der Waals surface area contributed by atoms with Crippen LogP contribution in [0.5, 0.6) is 11.5 Å². The van der Waals surface area contributed by atoms with Gasteiger partial charge >= 0.3 is 5.97 Å². The molecule has 2 aliphatic heterocycles. The molecule has 4 aliphatic carbocycles. The first kappa shape index (κ1) is 32.2. The fourth-order valence-corrected chi connectivity index (χ4v) is 11.0. The number of esters is 1. The average Bonchev–Trinajstić information content (AvgIpc) is 3.68. The van der Waals surface area contributed by atoms with Crippen LogP contribution in [0.1, 0.15) is 103 Å². The van der Waals surface area contributed by atoms with Crippen LogP contribution in [0.2, 0.25) is 0 Å². The second-order valence-electron chi connectivity index (χ2n) is 16.0. The lowest BCUT2D eigenvalue weighted by molar-refractivity contribution is -0.154. The molecule has 5 fully saturated rings. The van der Waals surface area contributed by atoms with Crippen LogP contribution in [0.4, 0.5) is 0 Å². The van der Waals surface area contributed by atoms with Gasteiger partial charge < -0.3 is 19.1 Å². The summed E-state index contributed by atoms with van der Waals surface area (Å²) in [6.45, 7) is 13.2. The standard InChI is InChI=1S/C40H58N2O4/c1-28(43)46-38-30(24-29-10-13-36(44-4)37(25-29)45-23-22-41-18-6-5-7-19-41)26-35-33-12-11-31-27-32(42-20-8-9-21-42)14-16-39(31,2)34(33)15-17-40(35,38)3/h10-11,13,24-25,32-35,38H,5-9,12,14-23,26-27H2,1-4H3/b30-24+/t32-,33+,34-,35-,38-,39-,40-/m0/s1. The van der Waals surface area contributed by atoms with E-state index in [2.05, 4.69) is 47.9 Å². The molecule has 3 saturated carbocycles. The van der Waals surface area contributed by atoms with E-state index in [4.69, 9.17) is 14.2 Å². The number of ether oxygens (including phenoxy) is 3. The van der Waals surface area contributed by atoms with Gasteiger partial charge in [-0.3, -0.25) is 9.69 Å². The number of hydrogen-bond donors (Lipinski definition) is 0. The van der Waals surface area contributed by atoms with Crippen molar-refractivity contribution in [3.63, 3.8) is 0 Å². The highest BCUT2D eigenvalue weighted by molar-refractivity contribution is 5.68. The predicted octanol–water partition coefficient (Wildman–Crippen LogP) is 7.91. The Morgan fingerprint density at radius 3 is 2.50 bits per heavy atom. The van der Waals surface area contributed by atoms with Gasteiger partial charge in [0.25, 0.3) is 0 Å². The largest absolute Gasteiger partial charge is 0.493 e. The summed E-state index contributed by atoms with van der Waals surface area (Å²) in [6, 6.07) is 7.02. The minimum atomic E-state index is -0.175. The summed E-state index contributed by atoms with van der Waals surface area (Å²) in [5.74, 6) is 3.28. The highest BCUT2D eigenvalue weighted by atomic mass is 16.5. The second-order valence-corrected chi connectivity index (χ2v) is 16.0. The van der Waals surface area contributed by atoms with Crippen molar-refractivity contribution >= 4 is 12.0 Å². The van der Waals surface area contributed by atoms with Crippen LogP contribution >= 0.6 is 0 Å². The van der Waals surface area contributed by atoms with Gasteiger partial charge in [0.15, 0.2) is 11.5 Å². The van der Waals surface area contributed by atoms with Crippen molar-refractivity contribution in [2.24, 2.45) is 28.6 Å². The maximum absolute atomic E-state index is 12.6. The van der Waals surface area contributed by atoms with E-state index in [1.54, 1.807) is 19.6 Å². The Morgan fingerprint density at radius 1 is 0.957 bits per heavy atom. The van der Waals surface area contributed by atoms with Crippen LogP contribution < -0.4 is 9.47 Å². The van der Waals surface area contributed by atoms with E-state index < -0.39 is 0 Å². The topological polar surface area (TPSA) is 51.2 Å². The third-order valence-corrected chi connectivity index (χ3v) is 13.5. The molecule has 6 nitrogen and oxygen atoms in total. The minimum absolute atomic E-state index is 0.0344.